The van der Waals surface area contributed by atoms with E-state index in [1.54, 1.807) is 6.20 Å². The number of nitrogens with zero attached hydrogens (tertiary/aromatic N) is 1. The monoisotopic (exact) mass is 93.0 g/mol. The van der Waals surface area contributed by atoms with Gasteiger partial charge in [-0.3, -0.25) is 4.99 Å². The average Bonchev–Trinajstić information content (AvgIpc) is 1.69. The van der Waals surface area contributed by atoms with Gasteiger partial charge in [0.25, 0.3) is 0 Å². The zero-order valence-electron chi connectivity index (χ0n) is 3.81. The largest absolute Gasteiger partial charge is 0.303 e. The maximum Gasteiger partial charge on any atom is 0.111 e. The summed E-state index contributed by atoms with van der Waals surface area (Å²) in [5, 5.41) is 6.93. The number of hydrogen-bond donors (Lipinski definition) is 1. The molecule has 2 heteroatoms. The lowest BCUT2D eigenvalue weighted by Gasteiger charge is -1.90. The summed E-state index contributed by atoms with van der Waals surface area (Å²) in [7, 11) is 0. The Morgan fingerprint density at radius 3 is 3.00 bits per heavy atom. The second-order valence-electron chi connectivity index (χ2n) is 1.31. The van der Waals surface area contributed by atoms with Crippen molar-refractivity contribution in [1.29, 1.82) is 5.41 Å². The van der Waals surface area contributed by atoms with Gasteiger partial charge in [-0.2, -0.15) is 0 Å². The molecule has 0 unspecified atom stereocenters. The summed E-state index contributed by atoms with van der Waals surface area (Å²) in [6.45, 7) is 0. The fourth-order valence-electron chi connectivity index (χ4n) is 0.384. The van der Waals surface area contributed by atoms with Crippen LogP contribution in [0.5, 0.6) is 0 Å². The first-order chi connectivity index (χ1) is 3.39. The fraction of sp³-hybridized carbons (Fsp3) is 0.200. The molecule has 0 amide bonds. The predicted molar refractivity (Wildman–Crippen MR) is 28.9 cm³/mol. The van der Waals surface area contributed by atoms with Gasteiger partial charge < -0.3 is 5.41 Å². The van der Waals surface area contributed by atoms with Gasteiger partial charge in [-0.1, -0.05) is 6.08 Å². The Bertz CT molecular complexity index is 133. The predicted octanol–water partition coefficient (Wildman–Crippen LogP) is 0.871. The van der Waals surface area contributed by atoms with E-state index < -0.39 is 0 Å². The summed E-state index contributed by atoms with van der Waals surface area (Å²) < 4.78 is 0. The summed E-state index contributed by atoms with van der Waals surface area (Å²) in [6, 6.07) is 0. The molecule has 1 heterocycles. The summed E-state index contributed by atoms with van der Waals surface area (Å²) >= 11 is 0. The third-order valence-corrected chi connectivity index (χ3v) is 0.701. The molecule has 1 rings (SSSR count). The summed E-state index contributed by atoms with van der Waals surface area (Å²) in [5.74, 6) is 0. The molecule has 2 nitrogen and oxygen atoms in total. The van der Waals surface area contributed by atoms with Crippen molar-refractivity contribution in [3.63, 3.8) is 0 Å². The smallest absolute Gasteiger partial charge is 0.111 e. The molecule has 0 atom stereocenters. The molecule has 0 aromatic carbocycles. The van der Waals surface area contributed by atoms with Crippen LogP contribution >= 0.6 is 0 Å². The van der Waals surface area contributed by atoms with Crippen LogP contribution in [0.1, 0.15) is 6.42 Å². The lowest BCUT2D eigenvalue weighted by molar-refractivity contribution is 1.35. The highest BCUT2D eigenvalue weighted by molar-refractivity contribution is 6.30. The van der Waals surface area contributed by atoms with E-state index in [9.17, 15) is 0 Å². The quantitative estimate of drug-likeness (QED) is 0.461. The molecule has 0 bridgehead atoms. The second-order valence-corrected chi connectivity index (χ2v) is 1.31. The SMILES string of the molecule is N=C1[C]=NC=CC1. The van der Waals surface area contributed by atoms with Crippen LogP contribution in [0, 0.1) is 5.41 Å². The lowest BCUT2D eigenvalue weighted by atomic mass is 10.2. The van der Waals surface area contributed by atoms with E-state index in [2.05, 4.69) is 11.2 Å². The van der Waals surface area contributed by atoms with E-state index in [0.717, 1.165) is 0 Å². The molecule has 0 aromatic heterocycles. The van der Waals surface area contributed by atoms with Crippen molar-refractivity contribution in [3.8, 4) is 0 Å². The van der Waals surface area contributed by atoms with Gasteiger partial charge in [0.2, 0.25) is 0 Å². The van der Waals surface area contributed by atoms with Crippen LogP contribution in [-0.2, 0) is 0 Å². The van der Waals surface area contributed by atoms with Gasteiger partial charge in [0.15, 0.2) is 0 Å². The minimum absolute atomic E-state index is 0.461. The standard InChI is InChI=1S/C5H5N2/c6-5-2-1-3-7-4-5/h1,3,6H,2H2. The molecular weight excluding hydrogens is 88.1 g/mol. The van der Waals surface area contributed by atoms with Crippen LogP contribution in [0.25, 0.3) is 0 Å². The van der Waals surface area contributed by atoms with E-state index in [1.807, 2.05) is 6.08 Å². The minimum Gasteiger partial charge on any atom is -0.303 e. The van der Waals surface area contributed by atoms with Crippen LogP contribution in [0.2, 0.25) is 0 Å². The topological polar surface area (TPSA) is 36.2 Å². The molecule has 0 spiro atoms. The first-order valence-corrected chi connectivity index (χ1v) is 2.08. The molecule has 0 aromatic rings. The second kappa shape index (κ2) is 1.69. The van der Waals surface area contributed by atoms with Gasteiger partial charge in [0.05, 0.1) is 5.71 Å². The Balaban J connectivity index is 2.66. The summed E-state index contributed by atoms with van der Waals surface area (Å²) in [4.78, 5) is 3.60. The highest BCUT2D eigenvalue weighted by Crippen LogP contribution is 1.90. The zero-order chi connectivity index (χ0) is 5.11. The van der Waals surface area contributed by atoms with Crippen molar-refractivity contribution in [3.05, 3.63) is 12.3 Å². The Morgan fingerprint density at radius 1 is 1.86 bits per heavy atom. The molecule has 0 fully saturated rings. The Labute approximate surface area is 42.1 Å². The highest BCUT2D eigenvalue weighted by Gasteiger charge is 1.90. The van der Waals surface area contributed by atoms with E-state index in [4.69, 9.17) is 5.41 Å². The highest BCUT2D eigenvalue weighted by atomic mass is 14.7. The van der Waals surface area contributed by atoms with Crippen molar-refractivity contribution in [2.45, 2.75) is 6.42 Å². The first kappa shape index (κ1) is 4.24. The molecule has 0 saturated heterocycles. The van der Waals surface area contributed by atoms with Gasteiger partial charge in [-0.15, -0.1) is 0 Å². The van der Waals surface area contributed by atoms with E-state index in [0.29, 0.717) is 12.1 Å². The fourth-order valence-corrected chi connectivity index (χ4v) is 0.384. The van der Waals surface area contributed by atoms with Crippen LogP contribution in [0.4, 0.5) is 0 Å². The van der Waals surface area contributed by atoms with Crippen molar-refractivity contribution in [1.82, 2.24) is 0 Å². The van der Waals surface area contributed by atoms with Gasteiger partial charge in [-0.25, -0.2) is 0 Å². The molecule has 0 aliphatic carbocycles. The molecular formula is C5H5N2. The molecule has 35 valence electrons. The normalized spacial score (nSPS) is 18.0. The van der Waals surface area contributed by atoms with Gasteiger partial charge in [0, 0.05) is 12.6 Å². The van der Waals surface area contributed by atoms with Crippen molar-refractivity contribution in [2.24, 2.45) is 4.99 Å². The Morgan fingerprint density at radius 2 is 2.71 bits per heavy atom. The zero-order valence-corrected chi connectivity index (χ0v) is 3.81. The Hall–Kier alpha value is -0.920. The third kappa shape index (κ3) is 0.961. The van der Waals surface area contributed by atoms with Crippen LogP contribution < -0.4 is 0 Å². The Kier molecular flexibility index (Phi) is 1.02. The lowest BCUT2D eigenvalue weighted by Crippen LogP contribution is -1.96. The molecule has 1 aliphatic rings. The molecule has 0 saturated carbocycles. The van der Waals surface area contributed by atoms with Gasteiger partial charge >= 0.3 is 0 Å². The number of aliphatic imine (C=N–C) groups is 1. The van der Waals surface area contributed by atoms with E-state index in [1.165, 1.54) is 0 Å². The molecule has 1 aliphatic heterocycles. The summed E-state index contributed by atoms with van der Waals surface area (Å²) in [6.07, 6.45) is 6.67. The van der Waals surface area contributed by atoms with Crippen LogP contribution in [0.3, 0.4) is 0 Å². The molecule has 7 heavy (non-hydrogen) atoms. The first-order valence-electron chi connectivity index (χ1n) is 2.08. The molecule has 1 N–H and O–H groups in total. The maximum atomic E-state index is 6.93. The number of nitrogens with one attached hydrogen (secondary N) is 1. The van der Waals surface area contributed by atoms with Gasteiger partial charge in [-0.05, 0) is 0 Å². The van der Waals surface area contributed by atoms with Crippen molar-refractivity contribution >= 4 is 11.9 Å². The number of allylic oxidation sites excluding steroid dienone is 1. The number of hydrogen-bond acceptors (Lipinski definition) is 2. The van der Waals surface area contributed by atoms with E-state index >= 15 is 0 Å². The minimum atomic E-state index is 0.461. The van der Waals surface area contributed by atoms with Crippen molar-refractivity contribution < 1.29 is 0 Å². The number of rotatable bonds is 0. The van der Waals surface area contributed by atoms with E-state index in [-0.39, 0.29) is 0 Å². The molecule has 1 radical (unpaired) electrons. The van der Waals surface area contributed by atoms with Crippen molar-refractivity contribution in [2.75, 3.05) is 0 Å². The van der Waals surface area contributed by atoms with Crippen LogP contribution in [-0.4, -0.2) is 11.9 Å². The third-order valence-electron chi connectivity index (χ3n) is 0.701. The maximum absolute atomic E-state index is 6.93. The average molecular weight is 93.1 g/mol. The van der Waals surface area contributed by atoms with Gasteiger partial charge in [0.1, 0.15) is 6.21 Å². The van der Waals surface area contributed by atoms with Crippen LogP contribution in [0.15, 0.2) is 17.3 Å². The summed E-state index contributed by atoms with van der Waals surface area (Å²) in [5.41, 5.74) is 0.461.